The molecule has 0 saturated carbocycles. The molecular weight excluding hydrogens is 486 g/mol. The van der Waals surface area contributed by atoms with Crippen molar-refractivity contribution in [3.05, 3.63) is 116 Å². The third-order valence-corrected chi connectivity index (χ3v) is 7.42. The van der Waals surface area contributed by atoms with Gasteiger partial charge < -0.3 is 9.84 Å². The highest BCUT2D eigenvalue weighted by molar-refractivity contribution is 6.23. The summed E-state index contributed by atoms with van der Waals surface area (Å²) in [5, 5.41) is 9.35. The predicted octanol–water partition coefficient (Wildman–Crippen LogP) is 2.24. The first kappa shape index (κ1) is 23.9. The van der Waals surface area contributed by atoms with Crippen molar-refractivity contribution in [3.8, 4) is 11.4 Å². The quantitative estimate of drug-likeness (QED) is 0.415. The number of aromatic nitrogens is 3. The first-order valence-corrected chi connectivity index (χ1v) is 12.4. The number of nitrogens with zero attached hydrogens (tertiary/aromatic N) is 3. The largest absolute Gasteiger partial charge is 0.491 e. The predicted molar refractivity (Wildman–Crippen MR) is 139 cm³/mol. The lowest BCUT2D eigenvalue weighted by atomic mass is 9.68. The van der Waals surface area contributed by atoms with E-state index in [0.717, 1.165) is 10.1 Å². The number of benzene rings is 2. The van der Waals surface area contributed by atoms with Crippen LogP contribution in [0.25, 0.3) is 5.69 Å². The summed E-state index contributed by atoms with van der Waals surface area (Å²) >= 11 is 0. The minimum absolute atomic E-state index is 0.0585. The molecule has 0 spiro atoms. The molecule has 38 heavy (non-hydrogen) atoms. The number of carbonyl (C=O) groups is 2. The van der Waals surface area contributed by atoms with Crippen LogP contribution in [-0.2, 0) is 16.1 Å². The molecule has 2 atom stereocenters. The normalized spacial score (nSPS) is 20.4. The molecule has 3 aliphatic rings. The Morgan fingerprint density at radius 2 is 1.71 bits per heavy atom. The lowest BCUT2D eigenvalue weighted by Gasteiger charge is -2.40. The summed E-state index contributed by atoms with van der Waals surface area (Å²) in [6.07, 6.45) is 3.36. The second kappa shape index (κ2) is 9.11. The van der Waals surface area contributed by atoms with Gasteiger partial charge in [-0.25, -0.2) is 23.5 Å². The SMILES string of the molecule is CC1=CC(=O)C2=C(C[C@@H]3C(=CCn4c(=O)n(-c5ccccc5)c(=O)n43)[C@@H]2c2ccccc2OCCO)C1=O. The monoisotopic (exact) mass is 511 g/mol. The van der Waals surface area contributed by atoms with E-state index in [1.807, 2.05) is 18.2 Å². The molecular formula is C29H25N3O6. The summed E-state index contributed by atoms with van der Waals surface area (Å²) in [5.74, 6) is -0.679. The third kappa shape index (κ3) is 3.50. The summed E-state index contributed by atoms with van der Waals surface area (Å²) in [4.78, 5) is 53.9. The fourth-order valence-corrected chi connectivity index (χ4v) is 5.81. The molecule has 3 aromatic rings. The summed E-state index contributed by atoms with van der Waals surface area (Å²) < 4.78 is 9.76. The molecule has 1 N–H and O–H groups in total. The Morgan fingerprint density at radius 1 is 0.974 bits per heavy atom. The van der Waals surface area contributed by atoms with E-state index in [9.17, 15) is 24.3 Å². The average molecular weight is 512 g/mol. The zero-order valence-corrected chi connectivity index (χ0v) is 20.7. The number of ether oxygens (including phenoxy) is 1. The molecule has 0 amide bonds. The number of Topliss-reactive ketones (excluding diaryl/α,β-unsaturated/α-hetero) is 1. The van der Waals surface area contributed by atoms with Gasteiger partial charge in [-0.1, -0.05) is 42.5 Å². The van der Waals surface area contributed by atoms with E-state index in [0.29, 0.717) is 33.7 Å². The zero-order valence-electron chi connectivity index (χ0n) is 20.7. The standard InChI is InChI=1S/C29H25N3O6/c1-17-15-23(34)26-21(27(17)35)16-22-19(25(26)20-9-5-6-10-24(20)38-14-13-33)11-12-30-28(36)31(29(37)32(22)30)18-7-3-2-4-8-18/h2-11,15,22,25,33H,12-14,16H2,1H3/t22-,25-/m1/s1. The molecule has 0 radical (unpaired) electrons. The molecule has 1 aliphatic heterocycles. The van der Waals surface area contributed by atoms with Crippen molar-refractivity contribution in [3.63, 3.8) is 0 Å². The molecule has 0 unspecified atom stereocenters. The van der Waals surface area contributed by atoms with Gasteiger partial charge in [-0.2, -0.15) is 0 Å². The number of para-hydroxylation sites is 2. The van der Waals surface area contributed by atoms with E-state index < -0.39 is 23.3 Å². The highest BCUT2D eigenvalue weighted by Crippen LogP contribution is 2.51. The summed E-state index contributed by atoms with van der Waals surface area (Å²) in [5.41, 5.74) is 1.94. The maximum atomic E-state index is 13.8. The topological polar surface area (TPSA) is 113 Å². The van der Waals surface area contributed by atoms with E-state index in [1.165, 1.54) is 15.4 Å². The van der Waals surface area contributed by atoms with E-state index in [2.05, 4.69) is 0 Å². The number of aliphatic hydroxyl groups excluding tert-OH is 1. The van der Waals surface area contributed by atoms with Crippen LogP contribution in [0.3, 0.4) is 0 Å². The van der Waals surface area contributed by atoms with Gasteiger partial charge in [-0.3, -0.25) is 9.59 Å². The van der Waals surface area contributed by atoms with Crippen LogP contribution in [0.5, 0.6) is 5.75 Å². The molecule has 192 valence electrons. The molecule has 0 saturated heterocycles. The molecule has 9 nitrogen and oxygen atoms in total. The van der Waals surface area contributed by atoms with Gasteiger partial charge in [0.1, 0.15) is 12.4 Å². The fraction of sp³-hybridized carbons (Fsp3) is 0.241. The molecule has 2 heterocycles. The Kier molecular flexibility index (Phi) is 5.72. The first-order chi connectivity index (χ1) is 18.4. The summed E-state index contributed by atoms with van der Waals surface area (Å²) in [7, 11) is 0. The van der Waals surface area contributed by atoms with Crippen LogP contribution >= 0.6 is 0 Å². The number of hydrogen-bond acceptors (Lipinski definition) is 6. The summed E-state index contributed by atoms with van der Waals surface area (Å²) in [6.45, 7) is 1.61. The van der Waals surface area contributed by atoms with Crippen LogP contribution in [0.15, 0.2) is 98.6 Å². The van der Waals surface area contributed by atoms with Gasteiger partial charge in [0.2, 0.25) is 0 Å². The Morgan fingerprint density at radius 3 is 2.47 bits per heavy atom. The van der Waals surface area contributed by atoms with Crippen molar-refractivity contribution >= 4 is 11.6 Å². The van der Waals surface area contributed by atoms with Crippen LogP contribution in [0.1, 0.15) is 30.9 Å². The molecule has 0 bridgehead atoms. The molecule has 9 heteroatoms. The Labute approximate surface area is 217 Å². The van der Waals surface area contributed by atoms with Crippen molar-refractivity contribution < 1.29 is 19.4 Å². The van der Waals surface area contributed by atoms with Gasteiger partial charge >= 0.3 is 11.4 Å². The average Bonchev–Trinajstić information content (AvgIpc) is 3.19. The Balaban J connectivity index is 1.58. The Hall–Kier alpha value is -4.50. The van der Waals surface area contributed by atoms with Gasteiger partial charge in [0.05, 0.1) is 24.9 Å². The van der Waals surface area contributed by atoms with Gasteiger partial charge in [0.15, 0.2) is 11.6 Å². The number of fused-ring (bicyclic) bond motifs is 3. The van der Waals surface area contributed by atoms with Crippen LogP contribution in [0.2, 0.25) is 0 Å². The molecule has 1 aromatic heterocycles. The number of allylic oxidation sites excluding steroid dienone is 6. The van der Waals surface area contributed by atoms with E-state index in [1.54, 1.807) is 49.4 Å². The number of ketones is 2. The van der Waals surface area contributed by atoms with Gasteiger partial charge in [-0.15, -0.1) is 0 Å². The lowest BCUT2D eigenvalue weighted by Crippen LogP contribution is -2.40. The number of carbonyl (C=O) groups excluding carboxylic acids is 2. The molecule has 0 fully saturated rings. The lowest BCUT2D eigenvalue weighted by molar-refractivity contribution is -0.116. The van der Waals surface area contributed by atoms with E-state index in [4.69, 9.17) is 4.74 Å². The minimum atomic E-state index is -0.657. The number of hydrogen-bond donors (Lipinski definition) is 1. The Bertz CT molecular complexity index is 1700. The fourth-order valence-electron chi connectivity index (χ4n) is 5.81. The van der Waals surface area contributed by atoms with Crippen molar-refractivity contribution in [2.75, 3.05) is 13.2 Å². The smallest absolute Gasteiger partial charge is 0.352 e. The van der Waals surface area contributed by atoms with Crippen LogP contribution in [0, 0.1) is 0 Å². The first-order valence-electron chi connectivity index (χ1n) is 12.4. The van der Waals surface area contributed by atoms with Crippen LogP contribution < -0.4 is 16.1 Å². The molecule has 2 aromatic carbocycles. The van der Waals surface area contributed by atoms with Gasteiger partial charge in [0, 0.05) is 34.6 Å². The highest BCUT2D eigenvalue weighted by Gasteiger charge is 2.45. The second-order valence-electron chi connectivity index (χ2n) is 9.54. The maximum Gasteiger partial charge on any atom is 0.352 e. The second-order valence-corrected chi connectivity index (χ2v) is 9.54. The summed E-state index contributed by atoms with van der Waals surface area (Å²) in [6, 6.07) is 15.2. The van der Waals surface area contributed by atoms with Crippen molar-refractivity contribution in [1.29, 1.82) is 0 Å². The van der Waals surface area contributed by atoms with Crippen molar-refractivity contribution in [2.24, 2.45) is 0 Å². The zero-order chi connectivity index (χ0) is 26.6. The number of rotatable bonds is 5. The van der Waals surface area contributed by atoms with E-state index in [-0.39, 0.29) is 37.7 Å². The van der Waals surface area contributed by atoms with Crippen molar-refractivity contribution in [2.45, 2.75) is 31.8 Å². The van der Waals surface area contributed by atoms with Gasteiger partial charge in [0.25, 0.3) is 0 Å². The van der Waals surface area contributed by atoms with Gasteiger partial charge in [-0.05, 0) is 36.8 Å². The van der Waals surface area contributed by atoms with Crippen molar-refractivity contribution in [1.82, 2.24) is 13.9 Å². The van der Waals surface area contributed by atoms with E-state index >= 15 is 0 Å². The van der Waals surface area contributed by atoms with Crippen LogP contribution in [-0.4, -0.2) is 43.8 Å². The molecule has 2 aliphatic carbocycles. The van der Waals surface area contributed by atoms with Crippen LogP contribution in [0.4, 0.5) is 0 Å². The highest BCUT2D eigenvalue weighted by atomic mass is 16.5. The number of aliphatic hydroxyl groups is 1. The molecule has 6 rings (SSSR count). The minimum Gasteiger partial charge on any atom is -0.491 e. The third-order valence-electron chi connectivity index (χ3n) is 7.42. The maximum absolute atomic E-state index is 13.8.